The van der Waals surface area contributed by atoms with Gasteiger partial charge in [-0.2, -0.15) is 0 Å². The molecule has 0 saturated carbocycles. The van der Waals surface area contributed by atoms with Crippen LogP contribution in [0.15, 0.2) is 46.9 Å². The van der Waals surface area contributed by atoms with Gasteiger partial charge in [-0.1, -0.05) is 67.9 Å². The summed E-state index contributed by atoms with van der Waals surface area (Å²) in [5.74, 6) is 1.01. The second-order valence-corrected chi connectivity index (χ2v) is 6.67. The van der Waals surface area contributed by atoms with E-state index in [1.165, 1.54) is 16.8 Å². The highest BCUT2D eigenvalue weighted by atomic mass is 79.9. The summed E-state index contributed by atoms with van der Waals surface area (Å²) in [4.78, 5) is 0. The summed E-state index contributed by atoms with van der Waals surface area (Å²) in [6.45, 7) is 8.97. The van der Waals surface area contributed by atoms with Crippen molar-refractivity contribution in [1.82, 2.24) is 0 Å². The van der Waals surface area contributed by atoms with Crippen molar-refractivity contribution in [2.75, 3.05) is 5.32 Å². The van der Waals surface area contributed by atoms with E-state index in [-0.39, 0.29) is 0 Å². The first-order valence-electron chi connectivity index (χ1n) is 7.14. The van der Waals surface area contributed by atoms with Gasteiger partial charge >= 0.3 is 0 Å². The number of nitrogens with one attached hydrogen (secondary N) is 1. The number of anilines is 2. The third-order valence-electron chi connectivity index (χ3n) is 3.47. The summed E-state index contributed by atoms with van der Waals surface area (Å²) in [6.07, 6.45) is 0. The van der Waals surface area contributed by atoms with E-state index in [1.54, 1.807) is 0 Å². The Bertz CT molecular complexity index is 561. The SMILES string of the molecule is CC(C)c1cccc(C(C)C)c1Nc1cccc(Br)c1. The fourth-order valence-corrected chi connectivity index (χ4v) is 2.81. The molecular formula is C18H22BrN. The Balaban J connectivity index is 2.48. The molecule has 0 aliphatic rings. The number of hydrogen-bond donors (Lipinski definition) is 1. The third kappa shape index (κ3) is 3.43. The van der Waals surface area contributed by atoms with Gasteiger partial charge in [0, 0.05) is 15.8 Å². The van der Waals surface area contributed by atoms with Crippen LogP contribution in [0, 0.1) is 0 Å². The van der Waals surface area contributed by atoms with E-state index in [0.29, 0.717) is 11.8 Å². The van der Waals surface area contributed by atoms with Crippen molar-refractivity contribution in [2.45, 2.75) is 39.5 Å². The van der Waals surface area contributed by atoms with E-state index in [9.17, 15) is 0 Å². The molecule has 2 aromatic carbocycles. The smallest absolute Gasteiger partial charge is 0.0454 e. The zero-order valence-corrected chi connectivity index (χ0v) is 14.2. The van der Waals surface area contributed by atoms with Gasteiger partial charge in [0.25, 0.3) is 0 Å². The van der Waals surface area contributed by atoms with Crippen molar-refractivity contribution in [2.24, 2.45) is 0 Å². The maximum absolute atomic E-state index is 3.61. The lowest BCUT2D eigenvalue weighted by Gasteiger charge is -2.21. The van der Waals surface area contributed by atoms with Crippen molar-refractivity contribution in [3.05, 3.63) is 58.1 Å². The Morgan fingerprint density at radius 1 is 0.850 bits per heavy atom. The van der Waals surface area contributed by atoms with E-state index >= 15 is 0 Å². The summed E-state index contributed by atoms with van der Waals surface area (Å²) in [6, 6.07) is 14.9. The molecule has 2 heteroatoms. The highest BCUT2D eigenvalue weighted by Gasteiger charge is 2.13. The molecule has 1 N–H and O–H groups in total. The van der Waals surface area contributed by atoms with E-state index in [0.717, 1.165) is 10.2 Å². The molecule has 0 aromatic heterocycles. The lowest BCUT2D eigenvalue weighted by molar-refractivity contribution is 0.838. The van der Waals surface area contributed by atoms with Crippen molar-refractivity contribution in [3.8, 4) is 0 Å². The fourth-order valence-electron chi connectivity index (χ4n) is 2.41. The highest BCUT2D eigenvalue weighted by molar-refractivity contribution is 9.10. The van der Waals surface area contributed by atoms with Gasteiger partial charge in [-0.3, -0.25) is 0 Å². The highest BCUT2D eigenvalue weighted by Crippen LogP contribution is 2.34. The minimum absolute atomic E-state index is 0.503. The molecule has 0 saturated heterocycles. The molecule has 20 heavy (non-hydrogen) atoms. The molecule has 0 unspecified atom stereocenters. The van der Waals surface area contributed by atoms with Crippen LogP contribution < -0.4 is 5.32 Å². The zero-order valence-electron chi connectivity index (χ0n) is 12.6. The number of halogens is 1. The summed E-state index contributed by atoms with van der Waals surface area (Å²) < 4.78 is 1.09. The van der Waals surface area contributed by atoms with Gasteiger partial charge < -0.3 is 5.32 Å². The molecule has 1 nitrogen and oxygen atoms in total. The van der Waals surface area contributed by atoms with E-state index in [2.05, 4.69) is 85.3 Å². The molecule has 0 atom stereocenters. The number of benzene rings is 2. The van der Waals surface area contributed by atoms with Crippen LogP contribution in [0.1, 0.15) is 50.7 Å². The zero-order chi connectivity index (χ0) is 14.7. The van der Waals surface area contributed by atoms with Crippen molar-refractivity contribution >= 4 is 27.3 Å². The average Bonchev–Trinajstić information content (AvgIpc) is 2.38. The molecule has 0 aliphatic carbocycles. The standard InChI is InChI=1S/C18H22BrN/c1-12(2)16-9-6-10-17(13(3)4)18(16)20-15-8-5-7-14(19)11-15/h5-13,20H,1-4H3. The molecule has 0 amide bonds. The monoisotopic (exact) mass is 331 g/mol. The Morgan fingerprint density at radius 2 is 1.40 bits per heavy atom. The molecule has 0 spiro atoms. The average molecular weight is 332 g/mol. The Labute approximate surface area is 130 Å². The first-order valence-corrected chi connectivity index (χ1v) is 7.93. The van der Waals surface area contributed by atoms with E-state index in [1.807, 2.05) is 6.07 Å². The molecule has 2 rings (SSSR count). The minimum Gasteiger partial charge on any atom is -0.355 e. The maximum atomic E-state index is 3.61. The van der Waals surface area contributed by atoms with Gasteiger partial charge in [0.1, 0.15) is 0 Å². The summed E-state index contributed by atoms with van der Waals surface area (Å²) in [7, 11) is 0. The summed E-state index contributed by atoms with van der Waals surface area (Å²) in [5.41, 5.74) is 5.12. The molecule has 0 bridgehead atoms. The summed E-state index contributed by atoms with van der Waals surface area (Å²) in [5, 5.41) is 3.61. The van der Waals surface area contributed by atoms with Crippen molar-refractivity contribution in [3.63, 3.8) is 0 Å². The third-order valence-corrected chi connectivity index (χ3v) is 3.96. The van der Waals surface area contributed by atoms with Gasteiger partial charge in [-0.15, -0.1) is 0 Å². The molecular weight excluding hydrogens is 310 g/mol. The molecule has 0 radical (unpaired) electrons. The van der Waals surface area contributed by atoms with Crippen LogP contribution in [0.3, 0.4) is 0 Å². The topological polar surface area (TPSA) is 12.0 Å². The largest absolute Gasteiger partial charge is 0.355 e. The number of rotatable bonds is 4. The van der Waals surface area contributed by atoms with Crippen LogP contribution in [0.25, 0.3) is 0 Å². The first kappa shape index (κ1) is 15.1. The molecule has 0 fully saturated rings. The Kier molecular flexibility index (Phi) is 4.87. The van der Waals surface area contributed by atoms with Crippen molar-refractivity contribution in [1.29, 1.82) is 0 Å². The second-order valence-electron chi connectivity index (χ2n) is 5.76. The van der Waals surface area contributed by atoms with Crippen LogP contribution in [-0.4, -0.2) is 0 Å². The van der Waals surface area contributed by atoms with Gasteiger partial charge in [0.15, 0.2) is 0 Å². The fraction of sp³-hybridized carbons (Fsp3) is 0.333. The molecule has 0 aliphatic heterocycles. The van der Waals surface area contributed by atoms with Crippen LogP contribution in [0.2, 0.25) is 0 Å². The Hall–Kier alpha value is -1.28. The van der Waals surface area contributed by atoms with Crippen LogP contribution in [0.4, 0.5) is 11.4 Å². The van der Waals surface area contributed by atoms with Crippen LogP contribution >= 0.6 is 15.9 Å². The minimum atomic E-state index is 0.503. The number of hydrogen-bond acceptors (Lipinski definition) is 1. The normalized spacial score (nSPS) is 11.2. The van der Waals surface area contributed by atoms with Gasteiger partial charge in [-0.25, -0.2) is 0 Å². The van der Waals surface area contributed by atoms with Crippen LogP contribution in [0.5, 0.6) is 0 Å². The summed E-state index contributed by atoms with van der Waals surface area (Å²) >= 11 is 3.53. The molecule has 106 valence electrons. The van der Waals surface area contributed by atoms with E-state index < -0.39 is 0 Å². The van der Waals surface area contributed by atoms with E-state index in [4.69, 9.17) is 0 Å². The first-order chi connectivity index (χ1) is 9.49. The maximum Gasteiger partial charge on any atom is 0.0454 e. The predicted molar refractivity (Wildman–Crippen MR) is 92.0 cm³/mol. The van der Waals surface area contributed by atoms with Gasteiger partial charge in [-0.05, 0) is 41.2 Å². The van der Waals surface area contributed by atoms with Gasteiger partial charge in [0.2, 0.25) is 0 Å². The number of para-hydroxylation sites is 1. The lowest BCUT2D eigenvalue weighted by atomic mass is 9.92. The Morgan fingerprint density at radius 3 is 1.90 bits per heavy atom. The van der Waals surface area contributed by atoms with Gasteiger partial charge in [0.05, 0.1) is 0 Å². The lowest BCUT2D eigenvalue weighted by Crippen LogP contribution is -2.03. The quantitative estimate of drug-likeness (QED) is 0.679. The molecule has 0 heterocycles. The second kappa shape index (κ2) is 6.45. The molecule has 2 aromatic rings. The predicted octanol–water partition coefficient (Wildman–Crippen LogP) is 6.44. The van der Waals surface area contributed by atoms with Crippen molar-refractivity contribution < 1.29 is 0 Å². The van der Waals surface area contributed by atoms with Crippen LogP contribution in [-0.2, 0) is 0 Å².